The fraction of sp³-hybridized carbons (Fsp3) is 0.385. The van der Waals surface area contributed by atoms with E-state index in [9.17, 15) is 4.79 Å². The molecule has 0 fully saturated rings. The first-order chi connectivity index (χ1) is 7.92. The Kier molecular flexibility index (Phi) is 4.26. The van der Waals surface area contributed by atoms with Crippen LogP contribution < -0.4 is 0 Å². The standard InChI is InChI=1S/C13H17NO3/c1-13(2,3)17-12(15)9-11(14-16)10-7-5-4-6-8-10/h4-8,16H,9H2,1-3H3. The van der Waals surface area contributed by atoms with Gasteiger partial charge in [0, 0.05) is 0 Å². The van der Waals surface area contributed by atoms with Crippen LogP contribution in [0.4, 0.5) is 0 Å². The predicted octanol–water partition coefficient (Wildman–Crippen LogP) is 2.60. The second-order valence-electron chi connectivity index (χ2n) is 4.68. The predicted molar refractivity (Wildman–Crippen MR) is 65.2 cm³/mol. The number of rotatable bonds is 3. The van der Waals surface area contributed by atoms with E-state index in [-0.39, 0.29) is 6.42 Å². The smallest absolute Gasteiger partial charge is 0.312 e. The summed E-state index contributed by atoms with van der Waals surface area (Å²) in [6.45, 7) is 5.38. The summed E-state index contributed by atoms with van der Waals surface area (Å²) in [5.41, 5.74) is 0.481. The largest absolute Gasteiger partial charge is 0.460 e. The van der Waals surface area contributed by atoms with E-state index in [2.05, 4.69) is 5.16 Å². The van der Waals surface area contributed by atoms with Gasteiger partial charge >= 0.3 is 5.97 Å². The lowest BCUT2D eigenvalue weighted by Crippen LogP contribution is -2.25. The number of oxime groups is 1. The molecule has 1 rings (SSSR count). The summed E-state index contributed by atoms with van der Waals surface area (Å²) >= 11 is 0. The maximum Gasteiger partial charge on any atom is 0.312 e. The minimum atomic E-state index is -0.533. The molecular weight excluding hydrogens is 218 g/mol. The lowest BCUT2D eigenvalue weighted by Gasteiger charge is -2.19. The first kappa shape index (κ1) is 13.2. The van der Waals surface area contributed by atoms with Crippen molar-refractivity contribution in [3.63, 3.8) is 0 Å². The quantitative estimate of drug-likeness (QED) is 0.379. The van der Waals surface area contributed by atoms with Gasteiger partial charge in [0.15, 0.2) is 0 Å². The SMILES string of the molecule is CC(C)(C)OC(=O)CC(=NO)c1ccccc1. The molecule has 0 aliphatic rings. The Morgan fingerprint density at radius 2 is 1.88 bits per heavy atom. The number of hydrogen-bond acceptors (Lipinski definition) is 4. The maximum absolute atomic E-state index is 11.6. The van der Waals surface area contributed by atoms with Gasteiger partial charge in [-0.25, -0.2) is 0 Å². The molecule has 1 aromatic rings. The van der Waals surface area contributed by atoms with E-state index < -0.39 is 11.6 Å². The average molecular weight is 235 g/mol. The highest BCUT2D eigenvalue weighted by molar-refractivity contribution is 6.09. The van der Waals surface area contributed by atoms with Crippen LogP contribution in [-0.4, -0.2) is 22.5 Å². The fourth-order valence-corrected chi connectivity index (χ4v) is 1.34. The van der Waals surface area contributed by atoms with Gasteiger partial charge < -0.3 is 9.94 Å². The van der Waals surface area contributed by atoms with Gasteiger partial charge in [-0.2, -0.15) is 0 Å². The highest BCUT2D eigenvalue weighted by atomic mass is 16.6. The normalized spacial score (nSPS) is 12.3. The van der Waals surface area contributed by atoms with Crippen molar-refractivity contribution in [2.45, 2.75) is 32.8 Å². The van der Waals surface area contributed by atoms with Gasteiger partial charge in [0.2, 0.25) is 0 Å². The minimum Gasteiger partial charge on any atom is -0.460 e. The molecule has 0 spiro atoms. The average Bonchev–Trinajstić information content (AvgIpc) is 2.24. The lowest BCUT2D eigenvalue weighted by atomic mass is 10.1. The summed E-state index contributed by atoms with van der Waals surface area (Å²) in [6.07, 6.45) is -0.0439. The number of ether oxygens (including phenoxy) is 1. The number of carbonyl (C=O) groups excluding carboxylic acids is 1. The molecule has 0 atom stereocenters. The number of benzene rings is 1. The molecule has 17 heavy (non-hydrogen) atoms. The van der Waals surface area contributed by atoms with E-state index in [0.29, 0.717) is 11.3 Å². The maximum atomic E-state index is 11.6. The molecule has 0 aliphatic heterocycles. The molecule has 1 aromatic carbocycles. The molecule has 92 valence electrons. The molecule has 0 aliphatic carbocycles. The van der Waals surface area contributed by atoms with Crippen LogP contribution in [0.3, 0.4) is 0 Å². The third-order valence-corrected chi connectivity index (χ3v) is 1.96. The molecule has 0 saturated carbocycles. The number of carbonyl (C=O) groups is 1. The Morgan fingerprint density at radius 3 is 2.35 bits per heavy atom. The first-order valence-electron chi connectivity index (χ1n) is 5.40. The topological polar surface area (TPSA) is 58.9 Å². The van der Waals surface area contributed by atoms with E-state index in [1.165, 1.54) is 0 Å². The van der Waals surface area contributed by atoms with Crippen molar-refractivity contribution in [1.82, 2.24) is 0 Å². The summed E-state index contributed by atoms with van der Waals surface area (Å²) in [6, 6.07) is 9.04. The van der Waals surface area contributed by atoms with E-state index >= 15 is 0 Å². The van der Waals surface area contributed by atoms with Crippen LogP contribution >= 0.6 is 0 Å². The van der Waals surface area contributed by atoms with Crippen LogP contribution in [0.5, 0.6) is 0 Å². The van der Waals surface area contributed by atoms with E-state index in [0.717, 1.165) is 0 Å². The number of hydrogen-bond donors (Lipinski definition) is 1. The number of esters is 1. The molecule has 0 saturated heterocycles. The summed E-state index contributed by atoms with van der Waals surface area (Å²) in [5.74, 6) is -0.408. The van der Waals surface area contributed by atoms with Crippen molar-refractivity contribution < 1.29 is 14.7 Å². The van der Waals surface area contributed by atoms with Crippen LogP contribution in [0.25, 0.3) is 0 Å². The van der Waals surface area contributed by atoms with E-state index in [1.807, 2.05) is 18.2 Å². The van der Waals surface area contributed by atoms with Crippen molar-refractivity contribution in [3.05, 3.63) is 35.9 Å². The highest BCUT2D eigenvalue weighted by Crippen LogP contribution is 2.11. The van der Waals surface area contributed by atoms with Gasteiger partial charge in [-0.3, -0.25) is 4.79 Å². The van der Waals surface area contributed by atoms with Gasteiger partial charge in [-0.15, -0.1) is 0 Å². The molecule has 4 nitrogen and oxygen atoms in total. The van der Waals surface area contributed by atoms with Crippen LogP contribution in [0, 0.1) is 0 Å². The van der Waals surface area contributed by atoms with Gasteiger partial charge in [-0.1, -0.05) is 35.5 Å². The second-order valence-corrected chi connectivity index (χ2v) is 4.68. The molecule has 0 radical (unpaired) electrons. The third kappa shape index (κ3) is 4.68. The second kappa shape index (κ2) is 5.48. The summed E-state index contributed by atoms with van der Waals surface area (Å²) < 4.78 is 5.16. The van der Waals surface area contributed by atoms with Gasteiger partial charge in [-0.05, 0) is 26.3 Å². The monoisotopic (exact) mass is 235 g/mol. The van der Waals surface area contributed by atoms with Gasteiger partial charge in [0.1, 0.15) is 5.60 Å². The van der Waals surface area contributed by atoms with Gasteiger partial charge in [0.25, 0.3) is 0 Å². The molecule has 1 N–H and O–H groups in total. The Bertz CT molecular complexity index is 404. The molecule has 0 unspecified atom stereocenters. The zero-order chi connectivity index (χ0) is 12.9. The van der Waals surface area contributed by atoms with E-state index in [1.54, 1.807) is 32.9 Å². The van der Waals surface area contributed by atoms with Crippen molar-refractivity contribution >= 4 is 11.7 Å². The molecule has 0 aromatic heterocycles. The van der Waals surface area contributed by atoms with Gasteiger partial charge in [0.05, 0.1) is 12.1 Å². The molecule has 0 bridgehead atoms. The zero-order valence-electron chi connectivity index (χ0n) is 10.3. The zero-order valence-corrected chi connectivity index (χ0v) is 10.3. The Balaban J connectivity index is 2.70. The minimum absolute atomic E-state index is 0.0439. The lowest BCUT2D eigenvalue weighted by molar-refractivity contribution is -0.153. The van der Waals surface area contributed by atoms with Crippen molar-refractivity contribution in [2.24, 2.45) is 5.16 Å². The van der Waals surface area contributed by atoms with E-state index in [4.69, 9.17) is 9.94 Å². The highest BCUT2D eigenvalue weighted by Gasteiger charge is 2.18. The van der Waals surface area contributed by atoms with Crippen LogP contribution in [0.15, 0.2) is 35.5 Å². The summed E-state index contributed by atoms with van der Waals surface area (Å²) in [5, 5.41) is 12.1. The molecule has 4 heteroatoms. The van der Waals surface area contributed by atoms with Crippen molar-refractivity contribution in [1.29, 1.82) is 0 Å². The molecular formula is C13H17NO3. The Morgan fingerprint density at radius 1 is 1.29 bits per heavy atom. The number of nitrogens with zero attached hydrogens (tertiary/aromatic N) is 1. The van der Waals surface area contributed by atoms with Crippen LogP contribution in [-0.2, 0) is 9.53 Å². The molecule has 0 amide bonds. The Labute approximate surface area is 101 Å². The van der Waals surface area contributed by atoms with Crippen molar-refractivity contribution in [3.8, 4) is 0 Å². The van der Waals surface area contributed by atoms with Crippen LogP contribution in [0.1, 0.15) is 32.8 Å². The summed E-state index contributed by atoms with van der Waals surface area (Å²) in [4.78, 5) is 11.6. The van der Waals surface area contributed by atoms with Crippen molar-refractivity contribution in [2.75, 3.05) is 0 Å². The fourth-order valence-electron chi connectivity index (χ4n) is 1.34. The Hall–Kier alpha value is -1.84. The van der Waals surface area contributed by atoms with Crippen LogP contribution in [0.2, 0.25) is 0 Å². The first-order valence-corrected chi connectivity index (χ1v) is 5.40. The molecule has 0 heterocycles. The summed E-state index contributed by atoms with van der Waals surface area (Å²) in [7, 11) is 0. The third-order valence-electron chi connectivity index (χ3n) is 1.96.